The number of rotatable bonds is 5. The van der Waals surface area contributed by atoms with Gasteiger partial charge < -0.3 is 0 Å². The molecule has 0 fully saturated rings. The van der Waals surface area contributed by atoms with E-state index in [1.807, 2.05) is 27.7 Å². The molecule has 0 bridgehead atoms. The van der Waals surface area contributed by atoms with Crippen molar-refractivity contribution >= 4 is 16.3 Å². The molecule has 5 heteroatoms. The number of carbonyl (C=O) groups is 1. The molecular formula is C13H19NO3S. The van der Waals surface area contributed by atoms with Crippen molar-refractivity contribution in [2.24, 2.45) is 0 Å². The van der Waals surface area contributed by atoms with Gasteiger partial charge in [-0.05, 0) is 33.8 Å². The molecule has 4 nitrogen and oxygen atoms in total. The van der Waals surface area contributed by atoms with Gasteiger partial charge in [-0.2, -0.15) is 4.31 Å². The first-order chi connectivity index (χ1) is 8.32. The van der Waals surface area contributed by atoms with Crippen LogP contribution in [-0.4, -0.2) is 31.1 Å². The molecule has 18 heavy (non-hydrogen) atoms. The Bertz CT molecular complexity index is 513. The van der Waals surface area contributed by atoms with Gasteiger partial charge in [-0.1, -0.05) is 18.2 Å². The Morgan fingerprint density at radius 3 is 2.00 bits per heavy atom. The number of benzene rings is 1. The first kappa shape index (κ1) is 14.9. The van der Waals surface area contributed by atoms with Gasteiger partial charge in [-0.3, -0.25) is 4.79 Å². The van der Waals surface area contributed by atoms with Crippen LogP contribution in [0.5, 0.6) is 0 Å². The SMILES string of the molecule is CC(C)N(C(C)C)S(=O)(=O)c1ccccc1C=O. The van der Waals surface area contributed by atoms with Gasteiger partial charge in [0.05, 0.1) is 4.90 Å². The van der Waals surface area contributed by atoms with Gasteiger partial charge in [0.25, 0.3) is 0 Å². The van der Waals surface area contributed by atoms with Crippen LogP contribution >= 0.6 is 0 Å². The largest absolute Gasteiger partial charge is 0.298 e. The Balaban J connectivity index is 3.40. The molecule has 0 aliphatic rings. The van der Waals surface area contributed by atoms with E-state index in [1.54, 1.807) is 12.1 Å². The average molecular weight is 269 g/mol. The van der Waals surface area contributed by atoms with Crippen LogP contribution in [0.4, 0.5) is 0 Å². The second-order valence-electron chi connectivity index (χ2n) is 4.68. The van der Waals surface area contributed by atoms with Gasteiger partial charge in [0, 0.05) is 17.6 Å². The topological polar surface area (TPSA) is 54.5 Å². The highest BCUT2D eigenvalue weighted by atomic mass is 32.2. The van der Waals surface area contributed by atoms with Gasteiger partial charge in [0.2, 0.25) is 10.0 Å². The maximum Gasteiger partial charge on any atom is 0.244 e. The van der Waals surface area contributed by atoms with Crippen LogP contribution in [0.25, 0.3) is 0 Å². The van der Waals surface area contributed by atoms with Crippen LogP contribution in [0, 0.1) is 0 Å². The zero-order valence-corrected chi connectivity index (χ0v) is 11.9. The summed E-state index contributed by atoms with van der Waals surface area (Å²) < 4.78 is 26.5. The van der Waals surface area contributed by atoms with Gasteiger partial charge in [0.15, 0.2) is 6.29 Å². The summed E-state index contributed by atoms with van der Waals surface area (Å²) in [5.41, 5.74) is 0.198. The number of carbonyl (C=O) groups excluding carboxylic acids is 1. The first-order valence-corrected chi connectivity index (χ1v) is 7.34. The van der Waals surface area contributed by atoms with E-state index in [0.717, 1.165) is 0 Å². The normalized spacial score (nSPS) is 12.4. The quantitative estimate of drug-likeness (QED) is 0.771. The highest BCUT2D eigenvalue weighted by Crippen LogP contribution is 2.23. The van der Waals surface area contributed by atoms with Crippen molar-refractivity contribution in [2.75, 3.05) is 0 Å². The Labute approximate surface area is 109 Å². The zero-order chi connectivity index (χ0) is 13.9. The lowest BCUT2D eigenvalue weighted by atomic mass is 10.2. The molecule has 0 N–H and O–H groups in total. The molecule has 0 radical (unpaired) electrons. The molecular weight excluding hydrogens is 250 g/mol. The van der Waals surface area contributed by atoms with E-state index in [0.29, 0.717) is 6.29 Å². The Hall–Kier alpha value is -1.20. The monoisotopic (exact) mass is 269 g/mol. The minimum absolute atomic E-state index is 0.0717. The number of hydrogen-bond donors (Lipinski definition) is 0. The summed E-state index contributed by atoms with van der Waals surface area (Å²) in [5, 5.41) is 0. The van der Waals surface area contributed by atoms with Crippen molar-refractivity contribution in [1.29, 1.82) is 0 Å². The highest BCUT2D eigenvalue weighted by molar-refractivity contribution is 7.89. The fourth-order valence-electron chi connectivity index (χ4n) is 2.08. The summed E-state index contributed by atoms with van der Waals surface area (Å²) in [6, 6.07) is 5.94. The van der Waals surface area contributed by atoms with Crippen molar-refractivity contribution in [3.8, 4) is 0 Å². The molecule has 100 valence electrons. The van der Waals surface area contributed by atoms with Crippen LogP contribution in [0.1, 0.15) is 38.1 Å². The predicted molar refractivity (Wildman–Crippen MR) is 71.1 cm³/mol. The molecule has 0 atom stereocenters. The standard InChI is InChI=1S/C13H19NO3S/c1-10(2)14(11(3)4)18(16,17)13-8-6-5-7-12(13)9-15/h5-11H,1-4H3. The summed E-state index contributed by atoms with van der Waals surface area (Å²) in [4.78, 5) is 11.0. The zero-order valence-electron chi connectivity index (χ0n) is 11.1. The summed E-state index contributed by atoms with van der Waals surface area (Å²) >= 11 is 0. The van der Waals surface area contributed by atoms with E-state index >= 15 is 0 Å². The van der Waals surface area contributed by atoms with E-state index in [1.165, 1.54) is 16.4 Å². The minimum atomic E-state index is -3.64. The molecule has 0 aliphatic carbocycles. The van der Waals surface area contributed by atoms with Crippen LogP contribution in [0.2, 0.25) is 0 Å². The van der Waals surface area contributed by atoms with Crippen LogP contribution in [0.15, 0.2) is 29.2 Å². The fraction of sp³-hybridized carbons (Fsp3) is 0.462. The van der Waals surface area contributed by atoms with Crippen LogP contribution < -0.4 is 0 Å². The van der Waals surface area contributed by atoms with Crippen LogP contribution in [0.3, 0.4) is 0 Å². The molecule has 0 aliphatic heterocycles. The van der Waals surface area contributed by atoms with Crippen molar-refractivity contribution in [1.82, 2.24) is 4.31 Å². The van der Waals surface area contributed by atoms with Crippen molar-refractivity contribution in [2.45, 2.75) is 44.7 Å². The van der Waals surface area contributed by atoms with E-state index < -0.39 is 10.0 Å². The summed E-state index contributed by atoms with van der Waals surface area (Å²) in [6.07, 6.45) is 0.575. The van der Waals surface area contributed by atoms with Gasteiger partial charge in [-0.15, -0.1) is 0 Å². The lowest BCUT2D eigenvalue weighted by molar-refractivity contribution is 0.112. The predicted octanol–water partition coefficient (Wildman–Crippen LogP) is 2.31. The molecule has 1 aromatic carbocycles. The molecule has 1 aromatic rings. The lowest BCUT2D eigenvalue weighted by Crippen LogP contribution is -2.42. The van der Waals surface area contributed by atoms with E-state index in [2.05, 4.69) is 0 Å². The van der Waals surface area contributed by atoms with Crippen molar-refractivity contribution in [3.63, 3.8) is 0 Å². The number of hydrogen-bond acceptors (Lipinski definition) is 3. The third-order valence-electron chi connectivity index (χ3n) is 2.62. The maximum absolute atomic E-state index is 12.6. The van der Waals surface area contributed by atoms with E-state index in [4.69, 9.17) is 0 Å². The molecule has 0 heterocycles. The van der Waals surface area contributed by atoms with Gasteiger partial charge in [0.1, 0.15) is 0 Å². The van der Waals surface area contributed by atoms with Crippen molar-refractivity contribution < 1.29 is 13.2 Å². The lowest BCUT2D eigenvalue weighted by Gasteiger charge is -2.29. The van der Waals surface area contributed by atoms with Crippen LogP contribution in [-0.2, 0) is 10.0 Å². The summed E-state index contributed by atoms with van der Waals surface area (Å²) in [5.74, 6) is 0. The van der Waals surface area contributed by atoms with Crippen molar-refractivity contribution in [3.05, 3.63) is 29.8 Å². The smallest absolute Gasteiger partial charge is 0.244 e. The average Bonchev–Trinajstić information content (AvgIpc) is 2.27. The van der Waals surface area contributed by atoms with Gasteiger partial charge >= 0.3 is 0 Å². The summed E-state index contributed by atoms with van der Waals surface area (Å²) in [6.45, 7) is 7.28. The number of sulfonamides is 1. The minimum Gasteiger partial charge on any atom is -0.298 e. The molecule has 1 rings (SSSR count). The van der Waals surface area contributed by atoms with E-state index in [-0.39, 0.29) is 22.5 Å². The van der Waals surface area contributed by atoms with Gasteiger partial charge in [-0.25, -0.2) is 8.42 Å². The third kappa shape index (κ3) is 2.79. The third-order valence-corrected chi connectivity index (χ3v) is 4.95. The Morgan fingerprint density at radius 2 is 1.56 bits per heavy atom. The fourth-order valence-corrected chi connectivity index (χ4v) is 4.08. The Kier molecular flexibility index (Phi) is 4.65. The molecule has 0 spiro atoms. The second kappa shape index (κ2) is 5.63. The molecule has 0 aromatic heterocycles. The highest BCUT2D eigenvalue weighted by Gasteiger charge is 2.30. The second-order valence-corrected chi connectivity index (χ2v) is 6.49. The number of aldehydes is 1. The molecule has 0 amide bonds. The number of nitrogens with zero attached hydrogens (tertiary/aromatic N) is 1. The van der Waals surface area contributed by atoms with E-state index in [9.17, 15) is 13.2 Å². The summed E-state index contributed by atoms with van der Waals surface area (Å²) in [7, 11) is -3.64. The first-order valence-electron chi connectivity index (χ1n) is 5.90. The maximum atomic E-state index is 12.6. The Morgan fingerprint density at radius 1 is 1.06 bits per heavy atom. The molecule has 0 saturated carbocycles. The molecule has 0 unspecified atom stereocenters. The molecule has 0 saturated heterocycles.